The molecular weight excluding hydrogens is 376 g/mol. The van der Waals surface area contributed by atoms with Gasteiger partial charge in [0.2, 0.25) is 0 Å². The maximum atomic E-state index is 11.7. The number of halogens is 1. The van der Waals surface area contributed by atoms with E-state index in [9.17, 15) is 9.90 Å². The number of carbonyl (C=O) groups is 1. The fourth-order valence-electron chi connectivity index (χ4n) is 1.89. The second-order valence-electron chi connectivity index (χ2n) is 4.95. The molecule has 0 saturated carbocycles. The van der Waals surface area contributed by atoms with Crippen LogP contribution in [0.2, 0.25) is 0 Å². The van der Waals surface area contributed by atoms with Crippen molar-refractivity contribution in [1.82, 2.24) is 5.43 Å². The first-order chi connectivity index (χ1) is 11.5. The van der Waals surface area contributed by atoms with Crippen LogP contribution < -0.4 is 14.9 Å². The zero-order valence-electron chi connectivity index (χ0n) is 13.2. The molecule has 2 aromatic carbocycles. The molecule has 2 rings (SSSR count). The molecule has 0 spiro atoms. The summed E-state index contributed by atoms with van der Waals surface area (Å²) < 4.78 is 10.9. The van der Waals surface area contributed by atoms with E-state index in [0.29, 0.717) is 21.5 Å². The highest BCUT2D eigenvalue weighted by Gasteiger charge is 2.07. The van der Waals surface area contributed by atoms with E-state index in [1.807, 2.05) is 25.1 Å². The Bertz CT molecular complexity index is 762. The number of phenolic OH excluding ortho intramolecular Hbond substituents is 1. The topological polar surface area (TPSA) is 80.2 Å². The van der Waals surface area contributed by atoms with Gasteiger partial charge in [0.15, 0.2) is 18.1 Å². The normalized spacial score (nSPS) is 10.6. The monoisotopic (exact) mass is 392 g/mol. The lowest BCUT2D eigenvalue weighted by Crippen LogP contribution is -2.24. The number of rotatable bonds is 6. The zero-order chi connectivity index (χ0) is 17.5. The SMILES string of the molecule is COc1cc(/C=N/NC(=O)COc2cccc(C)c2)cc(Br)c1O. The number of nitrogens with zero attached hydrogens (tertiary/aromatic N) is 1. The molecule has 0 saturated heterocycles. The van der Waals surface area contributed by atoms with E-state index in [1.165, 1.54) is 13.3 Å². The fourth-order valence-corrected chi connectivity index (χ4v) is 2.35. The molecule has 0 radical (unpaired) electrons. The Balaban J connectivity index is 1.89. The number of amides is 1. The van der Waals surface area contributed by atoms with E-state index in [1.54, 1.807) is 18.2 Å². The number of hydrazone groups is 1. The van der Waals surface area contributed by atoms with Crippen molar-refractivity contribution in [2.24, 2.45) is 5.10 Å². The number of methoxy groups -OCH3 is 1. The Morgan fingerprint density at radius 1 is 1.38 bits per heavy atom. The van der Waals surface area contributed by atoms with Gasteiger partial charge in [-0.05, 0) is 58.2 Å². The number of benzene rings is 2. The van der Waals surface area contributed by atoms with Gasteiger partial charge < -0.3 is 14.6 Å². The van der Waals surface area contributed by atoms with Crippen molar-refractivity contribution in [2.45, 2.75) is 6.92 Å². The van der Waals surface area contributed by atoms with Crippen LogP contribution in [0, 0.1) is 6.92 Å². The van der Waals surface area contributed by atoms with Gasteiger partial charge in [0.25, 0.3) is 5.91 Å². The highest BCUT2D eigenvalue weighted by molar-refractivity contribution is 9.10. The minimum atomic E-state index is -0.377. The lowest BCUT2D eigenvalue weighted by atomic mass is 10.2. The zero-order valence-corrected chi connectivity index (χ0v) is 14.8. The molecule has 6 nitrogen and oxygen atoms in total. The Labute approximate surface area is 148 Å². The van der Waals surface area contributed by atoms with Crippen molar-refractivity contribution in [1.29, 1.82) is 0 Å². The van der Waals surface area contributed by atoms with Gasteiger partial charge in [-0.3, -0.25) is 4.79 Å². The number of aromatic hydroxyl groups is 1. The van der Waals surface area contributed by atoms with Crippen LogP contribution in [-0.4, -0.2) is 30.9 Å². The van der Waals surface area contributed by atoms with Crippen LogP contribution >= 0.6 is 15.9 Å². The minimum absolute atomic E-state index is 0.00485. The minimum Gasteiger partial charge on any atom is -0.503 e. The third kappa shape index (κ3) is 4.99. The molecule has 1 amide bonds. The summed E-state index contributed by atoms with van der Waals surface area (Å²) in [6, 6.07) is 10.7. The fraction of sp³-hybridized carbons (Fsp3) is 0.176. The van der Waals surface area contributed by atoms with Crippen molar-refractivity contribution < 1.29 is 19.4 Å². The maximum Gasteiger partial charge on any atom is 0.277 e. The number of hydrogen-bond acceptors (Lipinski definition) is 5. The molecule has 0 fully saturated rings. The first-order valence-electron chi connectivity index (χ1n) is 7.07. The predicted octanol–water partition coefficient (Wildman–Crippen LogP) is 3.00. The number of aryl methyl sites for hydroxylation is 1. The summed E-state index contributed by atoms with van der Waals surface area (Å²) in [6.07, 6.45) is 1.44. The summed E-state index contributed by atoms with van der Waals surface area (Å²) in [5, 5.41) is 13.6. The Hall–Kier alpha value is -2.54. The molecule has 0 aromatic heterocycles. The van der Waals surface area contributed by atoms with E-state index >= 15 is 0 Å². The van der Waals surface area contributed by atoms with Gasteiger partial charge in [0.05, 0.1) is 17.8 Å². The molecule has 0 aliphatic rings. The first-order valence-corrected chi connectivity index (χ1v) is 7.86. The molecule has 0 atom stereocenters. The van der Waals surface area contributed by atoms with Crippen LogP contribution in [0.1, 0.15) is 11.1 Å². The largest absolute Gasteiger partial charge is 0.503 e. The van der Waals surface area contributed by atoms with E-state index in [4.69, 9.17) is 9.47 Å². The van der Waals surface area contributed by atoms with Crippen LogP contribution in [-0.2, 0) is 4.79 Å². The molecule has 0 aliphatic carbocycles. The van der Waals surface area contributed by atoms with Crippen LogP contribution in [0.15, 0.2) is 46.0 Å². The van der Waals surface area contributed by atoms with Gasteiger partial charge in [0.1, 0.15) is 5.75 Å². The third-order valence-corrected chi connectivity index (χ3v) is 3.64. The van der Waals surface area contributed by atoms with Crippen molar-refractivity contribution >= 4 is 28.1 Å². The lowest BCUT2D eigenvalue weighted by Gasteiger charge is -2.07. The van der Waals surface area contributed by atoms with Crippen molar-refractivity contribution in [3.63, 3.8) is 0 Å². The lowest BCUT2D eigenvalue weighted by molar-refractivity contribution is -0.123. The third-order valence-electron chi connectivity index (χ3n) is 3.03. The molecule has 2 aromatic rings. The number of carbonyl (C=O) groups excluding carboxylic acids is 1. The second kappa shape index (κ2) is 8.35. The van der Waals surface area contributed by atoms with Crippen LogP contribution in [0.25, 0.3) is 0 Å². The molecule has 0 heterocycles. The van der Waals surface area contributed by atoms with Gasteiger partial charge >= 0.3 is 0 Å². The summed E-state index contributed by atoms with van der Waals surface area (Å²) in [5.41, 5.74) is 4.08. The van der Waals surface area contributed by atoms with Gasteiger partial charge in [-0.1, -0.05) is 12.1 Å². The van der Waals surface area contributed by atoms with Crippen molar-refractivity contribution in [3.8, 4) is 17.2 Å². The standard InChI is InChI=1S/C17H17BrN2O4/c1-11-4-3-5-13(6-11)24-10-16(21)20-19-9-12-7-14(18)17(22)15(8-12)23-2/h3-9,22H,10H2,1-2H3,(H,20,21)/b19-9+. The summed E-state index contributed by atoms with van der Waals surface area (Å²) in [5.74, 6) is 0.559. The van der Waals surface area contributed by atoms with E-state index in [2.05, 4.69) is 26.5 Å². The molecule has 7 heteroatoms. The van der Waals surface area contributed by atoms with E-state index in [-0.39, 0.29) is 18.3 Å². The van der Waals surface area contributed by atoms with Crippen LogP contribution in [0.5, 0.6) is 17.2 Å². The number of hydrogen-bond donors (Lipinski definition) is 2. The average Bonchev–Trinajstić information content (AvgIpc) is 2.56. The molecule has 126 valence electrons. The Morgan fingerprint density at radius 3 is 2.88 bits per heavy atom. The second-order valence-corrected chi connectivity index (χ2v) is 5.81. The van der Waals surface area contributed by atoms with Gasteiger partial charge in [0, 0.05) is 0 Å². The molecule has 0 aliphatic heterocycles. The predicted molar refractivity (Wildman–Crippen MR) is 94.8 cm³/mol. The quantitative estimate of drug-likeness (QED) is 0.584. The number of ether oxygens (including phenoxy) is 2. The smallest absolute Gasteiger partial charge is 0.277 e. The average molecular weight is 393 g/mol. The summed E-state index contributed by atoms with van der Waals surface area (Å²) in [6.45, 7) is 1.81. The summed E-state index contributed by atoms with van der Waals surface area (Å²) in [4.78, 5) is 11.7. The Morgan fingerprint density at radius 2 is 2.17 bits per heavy atom. The highest BCUT2D eigenvalue weighted by atomic mass is 79.9. The number of nitrogens with one attached hydrogen (secondary N) is 1. The van der Waals surface area contributed by atoms with Gasteiger partial charge in [-0.15, -0.1) is 0 Å². The molecule has 2 N–H and O–H groups in total. The van der Waals surface area contributed by atoms with Crippen molar-refractivity contribution in [3.05, 3.63) is 52.0 Å². The maximum absolute atomic E-state index is 11.7. The summed E-state index contributed by atoms with van der Waals surface area (Å²) in [7, 11) is 1.45. The molecule has 24 heavy (non-hydrogen) atoms. The summed E-state index contributed by atoms with van der Waals surface area (Å²) >= 11 is 3.22. The molecule has 0 bridgehead atoms. The Kier molecular flexibility index (Phi) is 6.20. The number of phenols is 1. The van der Waals surface area contributed by atoms with E-state index < -0.39 is 0 Å². The van der Waals surface area contributed by atoms with Gasteiger partial charge in [-0.25, -0.2) is 5.43 Å². The molecular formula is C17H17BrN2O4. The van der Waals surface area contributed by atoms with Crippen molar-refractivity contribution in [2.75, 3.05) is 13.7 Å². The van der Waals surface area contributed by atoms with Crippen LogP contribution in [0.4, 0.5) is 0 Å². The van der Waals surface area contributed by atoms with E-state index in [0.717, 1.165) is 5.56 Å². The first kappa shape index (κ1) is 17.8. The highest BCUT2D eigenvalue weighted by Crippen LogP contribution is 2.34. The molecule has 0 unspecified atom stereocenters. The van der Waals surface area contributed by atoms with Gasteiger partial charge in [-0.2, -0.15) is 5.10 Å². The van der Waals surface area contributed by atoms with Crippen LogP contribution in [0.3, 0.4) is 0 Å².